The van der Waals surface area contributed by atoms with E-state index in [9.17, 15) is 26.2 Å². The van der Waals surface area contributed by atoms with Gasteiger partial charge in [0.15, 0.2) is 5.75 Å². The van der Waals surface area contributed by atoms with Crippen LogP contribution in [-0.2, 0) is 28.2 Å². The molecule has 0 N–H and O–H groups in total. The van der Waals surface area contributed by atoms with Crippen LogP contribution in [0, 0.1) is 0 Å². The first kappa shape index (κ1) is 16.9. The molecule has 7 nitrogen and oxygen atoms in total. The van der Waals surface area contributed by atoms with Crippen LogP contribution in [0.4, 0.5) is 13.2 Å². The van der Waals surface area contributed by atoms with Gasteiger partial charge in [-0.15, -0.1) is 17.8 Å². The molecule has 1 atom stereocenters. The minimum atomic E-state index is -5.09. The third kappa shape index (κ3) is 5.10. The third-order valence-corrected chi connectivity index (χ3v) is 3.50. The fraction of sp³-hybridized carbons (Fsp3) is 0.250. The normalized spacial score (nSPS) is 14.0. The van der Waals surface area contributed by atoms with E-state index >= 15 is 0 Å². The van der Waals surface area contributed by atoms with Gasteiger partial charge in [-0.2, -0.15) is 8.42 Å². The predicted molar refractivity (Wildman–Crippen MR) is 58.5 cm³/mol. The Morgan fingerprint density at radius 1 is 1.20 bits per heavy atom. The Balaban J connectivity index is 3.03. The molecule has 1 aromatic rings. The molecular weight excluding hydrogens is 328 g/mol. The Morgan fingerprint density at radius 2 is 1.80 bits per heavy atom. The van der Waals surface area contributed by atoms with Crippen LogP contribution >= 0.6 is 8.25 Å². The van der Waals surface area contributed by atoms with Crippen molar-refractivity contribution < 1.29 is 44.4 Å². The van der Waals surface area contributed by atoms with Gasteiger partial charge in [0, 0.05) is 7.11 Å². The molecule has 0 saturated carbocycles. The van der Waals surface area contributed by atoms with E-state index in [1.807, 2.05) is 0 Å². The molecular formula is C8H8F3O7PS. The molecule has 0 saturated heterocycles. The van der Waals surface area contributed by atoms with E-state index in [0.29, 0.717) is 0 Å². The molecule has 0 aromatic heterocycles. The van der Waals surface area contributed by atoms with Crippen LogP contribution in [0.25, 0.3) is 0 Å². The second-order valence-electron chi connectivity index (χ2n) is 3.05. The van der Waals surface area contributed by atoms with Crippen molar-refractivity contribution in [2.75, 3.05) is 7.11 Å². The van der Waals surface area contributed by atoms with E-state index in [2.05, 4.69) is 18.3 Å². The van der Waals surface area contributed by atoms with Crippen molar-refractivity contribution >= 4 is 18.4 Å². The van der Waals surface area contributed by atoms with Gasteiger partial charge >= 0.3 is 24.7 Å². The number of hydrogen-bond donors (Lipinski definition) is 0. The zero-order valence-electron chi connectivity index (χ0n) is 9.71. The first-order valence-corrected chi connectivity index (χ1v) is 7.33. The smallest absolute Gasteiger partial charge is 0.404 e. The number of rotatable bonds is 6. The van der Waals surface area contributed by atoms with Crippen molar-refractivity contribution in [3.63, 3.8) is 0 Å². The van der Waals surface area contributed by atoms with E-state index in [1.54, 1.807) is 0 Å². The zero-order valence-corrected chi connectivity index (χ0v) is 11.5. The molecule has 0 radical (unpaired) electrons. The Morgan fingerprint density at radius 3 is 2.35 bits per heavy atom. The molecule has 20 heavy (non-hydrogen) atoms. The average Bonchev–Trinajstić information content (AvgIpc) is 2.34. The zero-order chi connectivity index (χ0) is 15.4. The lowest BCUT2D eigenvalue weighted by Gasteiger charge is -2.12. The van der Waals surface area contributed by atoms with E-state index in [1.165, 1.54) is 0 Å². The molecule has 0 heterocycles. The minimum Gasteiger partial charge on any atom is -0.404 e. The standard InChI is InChI=1S/C8H8F3O7PS/c1-15-19(12)17-18-20(13,14)7-5-3-2-4-6(7)16-8(9,10)11/h2-5,19H,1H3. The van der Waals surface area contributed by atoms with Gasteiger partial charge in [-0.1, -0.05) is 16.5 Å². The lowest BCUT2D eigenvalue weighted by atomic mass is 10.3. The molecule has 1 aromatic carbocycles. The van der Waals surface area contributed by atoms with Gasteiger partial charge in [0.25, 0.3) is 0 Å². The van der Waals surface area contributed by atoms with Crippen molar-refractivity contribution in [1.29, 1.82) is 0 Å². The van der Waals surface area contributed by atoms with Gasteiger partial charge in [0.1, 0.15) is 4.90 Å². The van der Waals surface area contributed by atoms with Crippen molar-refractivity contribution in [2.24, 2.45) is 0 Å². The van der Waals surface area contributed by atoms with Crippen molar-refractivity contribution in [3.8, 4) is 5.75 Å². The molecule has 0 aliphatic heterocycles. The summed E-state index contributed by atoms with van der Waals surface area (Å²) in [5.74, 6) is -1.01. The fourth-order valence-corrected chi connectivity index (χ4v) is 2.33. The van der Waals surface area contributed by atoms with Crippen LogP contribution < -0.4 is 4.74 Å². The highest BCUT2D eigenvalue weighted by atomic mass is 32.2. The first-order chi connectivity index (χ1) is 9.15. The molecule has 0 fully saturated rings. The summed E-state index contributed by atoms with van der Waals surface area (Å²) < 4.78 is 85.7. The van der Waals surface area contributed by atoms with E-state index in [4.69, 9.17) is 0 Å². The maximum atomic E-state index is 12.1. The highest BCUT2D eigenvalue weighted by Crippen LogP contribution is 2.32. The highest BCUT2D eigenvalue weighted by Gasteiger charge is 2.34. The summed E-state index contributed by atoms with van der Waals surface area (Å²) in [6.07, 6.45) is -5.09. The number of para-hydroxylation sites is 1. The maximum absolute atomic E-state index is 12.1. The van der Waals surface area contributed by atoms with E-state index < -0.39 is 35.4 Å². The van der Waals surface area contributed by atoms with Crippen LogP contribution in [0.2, 0.25) is 0 Å². The Labute approximate surface area is 112 Å². The highest BCUT2D eigenvalue weighted by molar-refractivity contribution is 7.86. The molecule has 0 spiro atoms. The summed E-state index contributed by atoms with van der Waals surface area (Å²) in [5, 5.41) is 0. The molecule has 12 heteroatoms. The number of alkyl halides is 3. The summed E-state index contributed by atoms with van der Waals surface area (Å²) in [6, 6.07) is 3.82. The van der Waals surface area contributed by atoms with Gasteiger partial charge in [-0.25, -0.2) is 0 Å². The van der Waals surface area contributed by atoms with Crippen LogP contribution in [0.3, 0.4) is 0 Å². The summed E-state index contributed by atoms with van der Waals surface area (Å²) in [4.78, 5) is -0.941. The van der Waals surface area contributed by atoms with Crippen molar-refractivity contribution in [3.05, 3.63) is 24.3 Å². The molecule has 0 aliphatic rings. The SMILES string of the molecule is CO[PH](=O)OOS(=O)(=O)c1ccccc1OC(F)(F)F. The Bertz CT molecular complexity index is 586. The van der Waals surface area contributed by atoms with Gasteiger partial charge in [0.2, 0.25) is 0 Å². The van der Waals surface area contributed by atoms with Crippen LogP contribution in [-0.4, -0.2) is 21.9 Å². The van der Waals surface area contributed by atoms with Crippen molar-refractivity contribution in [1.82, 2.24) is 0 Å². The second-order valence-corrected chi connectivity index (χ2v) is 5.61. The summed E-state index contributed by atoms with van der Waals surface area (Å²) >= 11 is 0. The molecule has 0 aliphatic carbocycles. The summed E-state index contributed by atoms with van der Waals surface area (Å²) in [7, 11) is -7.04. The lowest BCUT2D eigenvalue weighted by molar-refractivity contribution is -0.275. The first-order valence-electron chi connectivity index (χ1n) is 4.69. The maximum Gasteiger partial charge on any atom is 0.573 e. The summed E-state index contributed by atoms with van der Waals surface area (Å²) in [6.45, 7) is 0. The lowest BCUT2D eigenvalue weighted by Crippen LogP contribution is -2.19. The predicted octanol–water partition coefficient (Wildman–Crippen LogP) is 2.26. The average molecular weight is 336 g/mol. The number of ether oxygens (including phenoxy) is 1. The molecule has 0 amide bonds. The second kappa shape index (κ2) is 6.55. The van der Waals surface area contributed by atoms with Gasteiger partial charge < -0.3 is 9.26 Å². The topological polar surface area (TPSA) is 88.1 Å². The largest absolute Gasteiger partial charge is 0.573 e. The van der Waals surface area contributed by atoms with Crippen molar-refractivity contribution in [2.45, 2.75) is 11.3 Å². The van der Waals surface area contributed by atoms with Crippen LogP contribution in [0.5, 0.6) is 5.75 Å². The van der Waals surface area contributed by atoms with Gasteiger partial charge in [-0.3, -0.25) is 4.57 Å². The third-order valence-electron chi connectivity index (χ3n) is 1.70. The fourth-order valence-electron chi connectivity index (χ4n) is 1.01. The number of hydrogen-bond acceptors (Lipinski definition) is 7. The molecule has 1 rings (SSSR count). The van der Waals surface area contributed by atoms with Gasteiger partial charge in [0.05, 0.1) is 0 Å². The number of benzene rings is 1. The van der Waals surface area contributed by atoms with E-state index in [-0.39, 0.29) is 0 Å². The Kier molecular flexibility index (Phi) is 5.54. The molecule has 0 bridgehead atoms. The van der Waals surface area contributed by atoms with Crippen LogP contribution in [0.1, 0.15) is 0 Å². The Hall–Kier alpha value is -1.13. The number of halogens is 3. The van der Waals surface area contributed by atoms with Gasteiger partial charge in [-0.05, 0) is 12.1 Å². The monoisotopic (exact) mass is 336 g/mol. The quantitative estimate of drug-likeness (QED) is 0.447. The summed E-state index contributed by atoms with van der Waals surface area (Å²) in [5.41, 5.74) is 0. The minimum absolute atomic E-state index is 0.767. The van der Waals surface area contributed by atoms with Crippen LogP contribution in [0.15, 0.2) is 29.2 Å². The van der Waals surface area contributed by atoms with E-state index in [0.717, 1.165) is 31.4 Å². The molecule has 1 unspecified atom stereocenters. The molecule has 114 valence electrons.